The van der Waals surface area contributed by atoms with E-state index in [-0.39, 0.29) is 22.6 Å². The summed E-state index contributed by atoms with van der Waals surface area (Å²) in [5.74, 6) is 0.178. The van der Waals surface area contributed by atoms with Crippen LogP contribution in [0.2, 0.25) is 0 Å². The molecule has 3 aromatic rings. The highest BCUT2D eigenvalue weighted by molar-refractivity contribution is 5.98. The summed E-state index contributed by atoms with van der Waals surface area (Å²) < 4.78 is 1.79. The number of rotatable bonds is 5. The zero-order chi connectivity index (χ0) is 22.8. The van der Waals surface area contributed by atoms with E-state index in [9.17, 15) is 19.2 Å². The van der Waals surface area contributed by atoms with Gasteiger partial charge in [-0.05, 0) is 37.0 Å². The van der Waals surface area contributed by atoms with Gasteiger partial charge >= 0.3 is 0 Å². The second-order valence-corrected chi connectivity index (χ2v) is 8.21. The van der Waals surface area contributed by atoms with Crippen molar-refractivity contribution in [1.82, 2.24) is 35.0 Å². The Bertz CT molecular complexity index is 1270. The quantitative estimate of drug-likeness (QED) is 0.588. The van der Waals surface area contributed by atoms with Crippen molar-refractivity contribution in [3.05, 3.63) is 56.4 Å². The molecule has 168 valence electrons. The first-order valence-corrected chi connectivity index (χ1v) is 10.5. The van der Waals surface area contributed by atoms with E-state index in [4.69, 9.17) is 0 Å². The number of nitrogens with zero attached hydrogens (tertiary/aromatic N) is 5. The van der Waals surface area contributed by atoms with Gasteiger partial charge in [0.15, 0.2) is 0 Å². The zero-order valence-electron chi connectivity index (χ0n) is 18.0. The van der Waals surface area contributed by atoms with Gasteiger partial charge in [-0.1, -0.05) is 5.21 Å². The zero-order valence-corrected chi connectivity index (χ0v) is 18.0. The molecule has 1 aliphatic heterocycles. The van der Waals surface area contributed by atoms with Crippen LogP contribution in [0.3, 0.4) is 0 Å². The first-order chi connectivity index (χ1) is 15.3. The lowest BCUT2D eigenvalue weighted by atomic mass is 9.96. The van der Waals surface area contributed by atoms with Gasteiger partial charge in [0.05, 0.1) is 23.5 Å². The van der Waals surface area contributed by atoms with Crippen molar-refractivity contribution in [3.63, 3.8) is 0 Å². The van der Waals surface area contributed by atoms with Crippen LogP contribution in [-0.2, 0) is 17.9 Å². The van der Waals surface area contributed by atoms with Gasteiger partial charge in [-0.15, -0.1) is 5.10 Å². The lowest BCUT2D eigenvalue weighted by Gasteiger charge is -2.32. The Labute approximate surface area is 183 Å². The van der Waals surface area contributed by atoms with Crippen molar-refractivity contribution >= 4 is 22.6 Å². The lowest BCUT2D eigenvalue weighted by Crippen LogP contribution is -2.39. The van der Waals surface area contributed by atoms with Crippen LogP contribution in [0.1, 0.15) is 35.8 Å². The minimum absolute atomic E-state index is 0.0283. The van der Waals surface area contributed by atoms with E-state index in [1.165, 1.54) is 19.1 Å². The molecule has 0 aliphatic carbocycles. The average Bonchev–Trinajstić information content (AvgIpc) is 3.22. The Hall–Kier alpha value is -3.76. The molecule has 0 atom stereocenters. The molecule has 4 rings (SSSR count). The highest BCUT2D eigenvalue weighted by Gasteiger charge is 2.25. The number of piperidine rings is 1. The largest absolute Gasteiger partial charge is 0.340 e. The first kappa shape index (κ1) is 21.5. The van der Waals surface area contributed by atoms with Crippen molar-refractivity contribution in [2.75, 3.05) is 20.1 Å². The Morgan fingerprint density at radius 3 is 2.50 bits per heavy atom. The fourth-order valence-corrected chi connectivity index (χ4v) is 3.93. The number of nitrogens with one attached hydrogen (secondary N) is 2. The normalized spacial score (nSPS) is 14.6. The highest BCUT2D eigenvalue weighted by atomic mass is 16.2. The Kier molecular flexibility index (Phi) is 5.89. The van der Waals surface area contributed by atoms with Crippen LogP contribution in [-0.4, -0.2) is 66.9 Å². The van der Waals surface area contributed by atoms with Gasteiger partial charge in [0.2, 0.25) is 5.91 Å². The van der Waals surface area contributed by atoms with E-state index in [0.717, 1.165) is 18.5 Å². The van der Waals surface area contributed by atoms with Gasteiger partial charge in [0.25, 0.3) is 17.0 Å². The second-order valence-electron chi connectivity index (χ2n) is 8.21. The minimum Gasteiger partial charge on any atom is -0.340 e. The van der Waals surface area contributed by atoms with Crippen LogP contribution >= 0.6 is 0 Å². The van der Waals surface area contributed by atoms with E-state index in [0.29, 0.717) is 37.7 Å². The first-order valence-electron chi connectivity index (χ1n) is 10.5. The molecule has 3 heterocycles. The summed E-state index contributed by atoms with van der Waals surface area (Å²) in [7, 11) is 1.72. The monoisotopic (exact) mass is 439 g/mol. The van der Waals surface area contributed by atoms with Crippen molar-refractivity contribution in [1.29, 1.82) is 0 Å². The van der Waals surface area contributed by atoms with Crippen molar-refractivity contribution in [2.45, 2.75) is 32.9 Å². The number of hydrogen-bond acceptors (Lipinski definition) is 6. The number of carbonyl (C=O) groups is 2. The van der Waals surface area contributed by atoms with Gasteiger partial charge in [0, 0.05) is 39.2 Å². The fourth-order valence-electron chi connectivity index (χ4n) is 3.93. The van der Waals surface area contributed by atoms with Crippen LogP contribution in [0.5, 0.6) is 0 Å². The minimum atomic E-state index is -0.436. The van der Waals surface area contributed by atoms with Crippen LogP contribution in [0.25, 0.3) is 10.8 Å². The number of amides is 2. The van der Waals surface area contributed by atoms with Gasteiger partial charge in [-0.25, -0.2) is 0 Å². The van der Waals surface area contributed by atoms with Crippen LogP contribution in [0.4, 0.5) is 0 Å². The number of carbonyl (C=O) groups excluding carboxylic acids is 2. The third-order valence-corrected chi connectivity index (χ3v) is 5.92. The molecule has 0 saturated carbocycles. The molecular weight excluding hydrogens is 414 g/mol. The number of aromatic nitrogens is 5. The smallest absolute Gasteiger partial charge is 0.270 e. The molecule has 1 saturated heterocycles. The van der Waals surface area contributed by atoms with Gasteiger partial charge in [0.1, 0.15) is 5.69 Å². The van der Waals surface area contributed by atoms with Crippen LogP contribution < -0.4 is 11.1 Å². The summed E-state index contributed by atoms with van der Waals surface area (Å²) in [4.78, 5) is 51.5. The van der Waals surface area contributed by atoms with Crippen LogP contribution in [0.15, 0.2) is 34.0 Å². The standard InChI is InChI=1S/C21H25N7O4/c1-13(29)26(2)11-16-12-28(25-22-16)10-14-5-7-27(8-6-14)21(32)15-3-4-17-18(9-15)20(31)24-23-19(17)30/h3-4,9,12,14H,5-8,10-11H2,1-2H3,(H,23,30)(H,24,31). The van der Waals surface area contributed by atoms with Crippen molar-refractivity contribution in [2.24, 2.45) is 5.92 Å². The molecule has 11 nitrogen and oxygen atoms in total. The third-order valence-electron chi connectivity index (χ3n) is 5.92. The number of H-pyrrole nitrogens is 2. The second kappa shape index (κ2) is 8.77. The summed E-state index contributed by atoms with van der Waals surface area (Å²) in [6.45, 7) is 3.83. The van der Waals surface area contributed by atoms with Gasteiger partial charge in [-0.2, -0.15) is 0 Å². The molecule has 1 aliphatic rings. The number of fused-ring (bicyclic) bond motifs is 1. The summed E-state index contributed by atoms with van der Waals surface area (Å²) in [5.41, 5.74) is 0.293. The number of likely N-dealkylation sites (tertiary alicyclic amines) is 1. The predicted octanol–water partition coefficient (Wildman–Crippen LogP) is 0.339. The summed E-state index contributed by atoms with van der Waals surface area (Å²) in [5, 5.41) is 13.3. The molecule has 0 bridgehead atoms. The van der Waals surface area contributed by atoms with Crippen LogP contribution in [0, 0.1) is 5.92 Å². The molecule has 0 radical (unpaired) electrons. The molecule has 1 fully saturated rings. The maximum absolute atomic E-state index is 12.9. The van der Waals surface area contributed by atoms with Gasteiger partial charge < -0.3 is 9.80 Å². The van der Waals surface area contributed by atoms with E-state index >= 15 is 0 Å². The van der Waals surface area contributed by atoms with E-state index in [1.54, 1.807) is 27.6 Å². The molecule has 2 amide bonds. The molecule has 2 aromatic heterocycles. The van der Waals surface area contributed by atoms with Crippen molar-refractivity contribution in [3.8, 4) is 0 Å². The number of benzene rings is 1. The Morgan fingerprint density at radius 2 is 1.81 bits per heavy atom. The molecule has 32 heavy (non-hydrogen) atoms. The maximum atomic E-state index is 12.9. The summed E-state index contributed by atoms with van der Waals surface area (Å²) in [6, 6.07) is 4.57. The number of aromatic amines is 2. The number of hydrogen-bond donors (Lipinski definition) is 2. The Morgan fingerprint density at radius 1 is 1.12 bits per heavy atom. The van der Waals surface area contributed by atoms with Gasteiger partial charge in [-0.3, -0.25) is 34.1 Å². The predicted molar refractivity (Wildman–Crippen MR) is 116 cm³/mol. The molecule has 11 heteroatoms. The third kappa shape index (κ3) is 4.46. The molecule has 0 spiro atoms. The van der Waals surface area contributed by atoms with E-state index < -0.39 is 11.1 Å². The maximum Gasteiger partial charge on any atom is 0.270 e. The van der Waals surface area contributed by atoms with E-state index in [2.05, 4.69) is 20.5 Å². The summed E-state index contributed by atoms with van der Waals surface area (Å²) >= 11 is 0. The highest BCUT2D eigenvalue weighted by Crippen LogP contribution is 2.21. The topological polar surface area (TPSA) is 137 Å². The lowest BCUT2D eigenvalue weighted by molar-refractivity contribution is -0.128. The molecule has 2 N–H and O–H groups in total. The summed E-state index contributed by atoms with van der Waals surface area (Å²) in [6.07, 6.45) is 3.50. The molecule has 0 unspecified atom stereocenters. The SMILES string of the molecule is CC(=O)N(C)Cc1cn(CC2CCN(C(=O)c3ccc4c(=O)[nH][nH]c(=O)c4c3)CC2)nn1. The van der Waals surface area contributed by atoms with Crippen molar-refractivity contribution < 1.29 is 9.59 Å². The molecule has 1 aromatic carbocycles. The Balaban J connectivity index is 1.36. The molecular formula is C21H25N7O4. The van der Waals surface area contributed by atoms with E-state index in [1.807, 2.05) is 6.20 Å². The average molecular weight is 439 g/mol. The fraction of sp³-hybridized carbons (Fsp3) is 0.429.